The Labute approximate surface area is 98.4 Å². The maximum absolute atomic E-state index is 9.07. The van der Waals surface area contributed by atoms with Gasteiger partial charge in [-0.2, -0.15) is 5.26 Å². The van der Waals surface area contributed by atoms with Crippen LogP contribution in [0.25, 0.3) is 0 Å². The van der Waals surface area contributed by atoms with Gasteiger partial charge in [-0.15, -0.1) is 0 Å². The van der Waals surface area contributed by atoms with Gasteiger partial charge < -0.3 is 9.64 Å². The molecule has 0 unspecified atom stereocenters. The number of nitriles is 1. The molecule has 2 heterocycles. The van der Waals surface area contributed by atoms with Crippen LogP contribution in [0, 0.1) is 22.7 Å². The highest BCUT2D eigenvalue weighted by Gasteiger charge is 2.30. The number of nitrogens with zero attached hydrogens (tertiary/aromatic N) is 2. The highest BCUT2D eigenvalue weighted by Crippen LogP contribution is 2.30. The second-order valence-electron chi connectivity index (χ2n) is 5.53. The zero-order valence-electron chi connectivity index (χ0n) is 10.2. The van der Waals surface area contributed by atoms with Crippen molar-refractivity contribution in [3.63, 3.8) is 0 Å². The Hall–Kier alpha value is -0.590. The van der Waals surface area contributed by atoms with Gasteiger partial charge in [0.15, 0.2) is 0 Å². The van der Waals surface area contributed by atoms with Gasteiger partial charge in [0.05, 0.1) is 11.5 Å². The molecule has 16 heavy (non-hydrogen) atoms. The van der Waals surface area contributed by atoms with Crippen LogP contribution in [0.5, 0.6) is 0 Å². The summed E-state index contributed by atoms with van der Waals surface area (Å²) < 4.78 is 5.38. The Morgan fingerprint density at radius 1 is 1.31 bits per heavy atom. The zero-order valence-corrected chi connectivity index (χ0v) is 10.2. The fraction of sp³-hybridized carbons (Fsp3) is 0.923. The SMILES string of the molecule is CC1(C#N)CCN(CC2CCOCC2)CC1. The van der Waals surface area contributed by atoms with Crippen LogP contribution in [0.3, 0.4) is 0 Å². The smallest absolute Gasteiger partial charge is 0.0687 e. The van der Waals surface area contributed by atoms with E-state index in [-0.39, 0.29) is 5.41 Å². The van der Waals surface area contributed by atoms with Gasteiger partial charge >= 0.3 is 0 Å². The lowest BCUT2D eigenvalue weighted by Crippen LogP contribution is -2.41. The van der Waals surface area contributed by atoms with E-state index >= 15 is 0 Å². The summed E-state index contributed by atoms with van der Waals surface area (Å²) in [4.78, 5) is 2.54. The molecule has 2 rings (SSSR count). The Balaban J connectivity index is 1.75. The first-order valence-electron chi connectivity index (χ1n) is 6.43. The third kappa shape index (κ3) is 2.96. The summed E-state index contributed by atoms with van der Waals surface area (Å²) in [5, 5.41) is 9.07. The van der Waals surface area contributed by atoms with Crippen molar-refractivity contribution in [1.82, 2.24) is 4.90 Å². The van der Waals surface area contributed by atoms with Crippen LogP contribution in [-0.4, -0.2) is 37.7 Å². The van der Waals surface area contributed by atoms with E-state index < -0.39 is 0 Å². The van der Waals surface area contributed by atoms with Crippen molar-refractivity contribution in [3.05, 3.63) is 0 Å². The fourth-order valence-electron chi connectivity index (χ4n) is 2.64. The molecule has 0 aromatic carbocycles. The Kier molecular flexibility index (Phi) is 3.83. The van der Waals surface area contributed by atoms with Gasteiger partial charge in [-0.3, -0.25) is 0 Å². The molecule has 2 saturated heterocycles. The topological polar surface area (TPSA) is 36.3 Å². The molecule has 0 saturated carbocycles. The number of likely N-dealkylation sites (tertiary alicyclic amines) is 1. The quantitative estimate of drug-likeness (QED) is 0.717. The molecule has 0 aromatic rings. The average Bonchev–Trinajstić information content (AvgIpc) is 2.34. The summed E-state index contributed by atoms with van der Waals surface area (Å²) in [5.41, 5.74) is -0.0633. The molecule has 2 aliphatic heterocycles. The van der Waals surface area contributed by atoms with Crippen molar-refractivity contribution in [2.75, 3.05) is 32.8 Å². The van der Waals surface area contributed by atoms with Crippen molar-refractivity contribution in [1.29, 1.82) is 5.26 Å². The number of ether oxygens (including phenoxy) is 1. The summed E-state index contributed by atoms with van der Waals surface area (Å²) in [6, 6.07) is 2.46. The maximum atomic E-state index is 9.07. The molecule has 3 heteroatoms. The minimum atomic E-state index is -0.0633. The van der Waals surface area contributed by atoms with Crippen LogP contribution in [0.1, 0.15) is 32.6 Å². The molecule has 2 aliphatic rings. The minimum absolute atomic E-state index is 0.0633. The average molecular weight is 222 g/mol. The monoisotopic (exact) mass is 222 g/mol. The van der Waals surface area contributed by atoms with Gasteiger partial charge in [0.1, 0.15) is 0 Å². The van der Waals surface area contributed by atoms with Crippen molar-refractivity contribution >= 4 is 0 Å². The standard InChI is InChI=1S/C13H22N2O/c1-13(11-14)4-6-15(7-5-13)10-12-2-8-16-9-3-12/h12H,2-10H2,1H3. The van der Waals surface area contributed by atoms with E-state index in [1.165, 1.54) is 19.4 Å². The summed E-state index contributed by atoms with van der Waals surface area (Å²) in [6.45, 7) is 7.38. The molecule has 0 amide bonds. The molecule has 90 valence electrons. The molecule has 0 aromatic heterocycles. The lowest BCUT2D eigenvalue weighted by atomic mass is 9.81. The zero-order chi connectivity index (χ0) is 11.4. The van der Waals surface area contributed by atoms with Crippen molar-refractivity contribution < 1.29 is 4.74 Å². The van der Waals surface area contributed by atoms with Crippen LogP contribution in [0.2, 0.25) is 0 Å². The first-order valence-corrected chi connectivity index (χ1v) is 6.43. The molecule has 0 spiro atoms. The molecular formula is C13H22N2O. The summed E-state index contributed by atoms with van der Waals surface area (Å²) in [7, 11) is 0. The van der Waals surface area contributed by atoms with Gasteiger partial charge in [-0.25, -0.2) is 0 Å². The summed E-state index contributed by atoms with van der Waals surface area (Å²) in [6.07, 6.45) is 4.50. The van der Waals surface area contributed by atoms with E-state index in [0.717, 1.165) is 45.1 Å². The molecule has 0 bridgehead atoms. The number of hydrogen-bond acceptors (Lipinski definition) is 3. The first-order chi connectivity index (χ1) is 7.72. The van der Waals surface area contributed by atoms with Crippen LogP contribution >= 0.6 is 0 Å². The number of hydrogen-bond donors (Lipinski definition) is 0. The molecule has 0 radical (unpaired) electrons. The summed E-state index contributed by atoms with van der Waals surface area (Å²) >= 11 is 0. The van der Waals surface area contributed by atoms with Gasteiger partial charge in [0.25, 0.3) is 0 Å². The largest absolute Gasteiger partial charge is 0.381 e. The van der Waals surface area contributed by atoms with Crippen LogP contribution in [-0.2, 0) is 4.74 Å². The van der Waals surface area contributed by atoms with Crippen LogP contribution < -0.4 is 0 Å². The van der Waals surface area contributed by atoms with Crippen molar-refractivity contribution in [2.45, 2.75) is 32.6 Å². The Morgan fingerprint density at radius 3 is 2.50 bits per heavy atom. The number of piperidine rings is 1. The molecule has 2 fully saturated rings. The Morgan fingerprint density at radius 2 is 1.94 bits per heavy atom. The van der Waals surface area contributed by atoms with Gasteiger partial charge in [-0.05, 0) is 51.6 Å². The van der Waals surface area contributed by atoms with Crippen LogP contribution in [0.15, 0.2) is 0 Å². The fourth-order valence-corrected chi connectivity index (χ4v) is 2.64. The predicted molar refractivity (Wildman–Crippen MR) is 62.9 cm³/mol. The van der Waals surface area contributed by atoms with E-state index in [1.54, 1.807) is 0 Å². The maximum Gasteiger partial charge on any atom is 0.0687 e. The van der Waals surface area contributed by atoms with Gasteiger partial charge in [0, 0.05) is 19.8 Å². The Bertz CT molecular complexity index is 258. The van der Waals surface area contributed by atoms with E-state index in [1.807, 2.05) is 0 Å². The van der Waals surface area contributed by atoms with Gasteiger partial charge in [0.2, 0.25) is 0 Å². The van der Waals surface area contributed by atoms with E-state index in [0.29, 0.717) is 0 Å². The second kappa shape index (κ2) is 5.16. The van der Waals surface area contributed by atoms with E-state index in [4.69, 9.17) is 10.00 Å². The molecule has 3 nitrogen and oxygen atoms in total. The predicted octanol–water partition coefficient (Wildman–Crippen LogP) is 2.04. The lowest BCUT2D eigenvalue weighted by molar-refractivity contribution is 0.0441. The molecular weight excluding hydrogens is 200 g/mol. The third-order valence-electron chi connectivity index (χ3n) is 4.09. The first kappa shape index (κ1) is 11.9. The molecule has 0 atom stereocenters. The lowest BCUT2D eigenvalue weighted by Gasteiger charge is -2.37. The molecule has 0 aliphatic carbocycles. The third-order valence-corrected chi connectivity index (χ3v) is 4.09. The van der Waals surface area contributed by atoms with Crippen LogP contribution in [0.4, 0.5) is 0 Å². The highest BCUT2D eigenvalue weighted by atomic mass is 16.5. The van der Waals surface area contributed by atoms with E-state index in [9.17, 15) is 0 Å². The van der Waals surface area contributed by atoms with Crippen molar-refractivity contribution in [2.24, 2.45) is 11.3 Å². The minimum Gasteiger partial charge on any atom is -0.381 e. The second-order valence-corrected chi connectivity index (χ2v) is 5.53. The van der Waals surface area contributed by atoms with Gasteiger partial charge in [-0.1, -0.05) is 0 Å². The highest BCUT2D eigenvalue weighted by molar-refractivity contribution is 4.98. The summed E-state index contributed by atoms with van der Waals surface area (Å²) in [5.74, 6) is 0.820. The normalized spacial score (nSPS) is 27.5. The van der Waals surface area contributed by atoms with E-state index in [2.05, 4.69) is 17.9 Å². The van der Waals surface area contributed by atoms with Crippen molar-refractivity contribution in [3.8, 4) is 6.07 Å². The molecule has 0 N–H and O–H groups in total. The number of rotatable bonds is 2.